The molecular weight excluding hydrogens is 420 g/mol. The maximum absolute atomic E-state index is 13.5. The summed E-state index contributed by atoms with van der Waals surface area (Å²) in [6.07, 6.45) is 1.64. The first-order valence-electron chi connectivity index (χ1n) is 10.5. The summed E-state index contributed by atoms with van der Waals surface area (Å²) in [6.45, 7) is 4.93. The molecule has 1 unspecified atom stereocenters. The number of hydrogen-bond donors (Lipinski definition) is 0. The molecule has 0 radical (unpaired) electrons. The molecule has 4 rings (SSSR count). The van der Waals surface area contributed by atoms with Crippen LogP contribution in [0.2, 0.25) is 0 Å². The molecular formula is C25H26N4O2S. The van der Waals surface area contributed by atoms with E-state index in [4.69, 9.17) is 4.42 Å². The summed E-state index contributed by atoms with van der Waals surface area (Å²) in [7, 11) is 1.91. The van der Waals surface area contributed by atoms with Gasteiger partial charge in [-0.3, -0.25) is 4.79 Å². The van der Waals surface area contributed by atoms with Crippen molar-refractivity contribution in [2.24, 2.45) is 7.05 Å². The van der Waals surface area contributed by atoms with Crippen LogP contribution in [0.3, 0.4) is 0 Å². The van der Waals surface area contributed by atoms with Crippen molar-refractivity contribution in [3.8, 4) is 11.4 Å². The van der Waals surface area contributed by atoms with E-state index in [-0.39, 0.29) is 11.2 Å². The van der Waals surface area contributed by atoms with Crippen molar-refractivity contribution in [1.29, 1.82) is 0 Å². The number of nitrogens with zero attached hydrogens (tertiary/aromatic N) is 4. The molecule has 2 aromatic carbocycles. The third-order valence-electron chi connectivity index (χ3n) is 5.31. The lowest BCUT2D eigenvalue weighted by molar-refractivity contribution is -0.131. The normalized spacial score (nSPS) is 12.0. The van der Waals surface area contributed by atoms with E-state index in [1.807, 2.05) is 97.1 Å². The van der Waals surface area contributed by atoms with Gasteiger partial charge >= 0.3 is 0 Å². The van der Waals surface area contributed by atoms with Crippen molar-refractivity contribution in [1.82, 2.24) is 19.7 Å². The van der Waals surface area contributed by atoms with Gasteiger partial charge < -0.3 is 13.9 Å². The molecule has 0 saturated carbocycles. The Kier molecular flexibility index (Phi) is 6.75. The predicted molar refractivity (Wildman–Crippen MR) is 126 cm³/mol. The highest BCUT2D eigenvalue weighted by molar-refractivity contribution is 8.00. The second kappa shape index (κ2) is 9.87. The topological polar surface area (TPSA) is 64.2 Å². The van der Waals surface area contributed by atoms with Gasteiger partial charge in [0.1, 0.15) is 5.76 Å². The number of thioether (sulfide) groups is 1. The monoisotopic (exact) mass is 446 g/mol. The number of amides is 1. The summed E-state index contributed by atoms with van der Waals surface area (Å²) in [6, 6.07) is 22.0. The Morgan fingerprint density at radius 3 is 2.12 bits per heavy atom. The average Bonchev–Trinajstić information content (AvgIpc) is 3.39. The van der Waals surface area contributed by atoms with Crippen molar-refractivity contribution >= 4 is 17.7 Å². The Balaban J connectivity index is 1.52. The molecule has 2 heterocycles. The minimum absolute atomic E-state index is 0.0618. The number of carbonyl (C=O) groups excluding carboxylic acids is 1. The van der Waals surface area contributed by atoms with E-state index >= 15 is 0 Å². The second-order valence-electron chi connectivity index (χ2n) is 7.68. The van der Waals surface area contributed by atoms with Crippen molar-refractivity contribution in [2.45, 2.75) is 37.3 Å². The average molecular weight is 447 g/mol. The summed E-state index contributed by atoms with van der Waals surface area (Å²) in [5.41, 5.74) is 3.11. The van der Waals surface area contributed by atoms with Crippen LogP contribution in [0, 0.1) is 6.92 Å². The van der Waals surface area contributed by atoms with Crippen molar-refractivity contribution < 1.29 is 9.21 Å². The second-order valence-corrected chi connectivity index (χ2v) is 8.99. The third-order valence-corrected chi connectivity index (χ3v) is 6.43. The van der Waals surface area contributed by atoms with Gasteiger partial charge in [-0.1, -0.05) is 72.4 Å². The first kappa shape index (κ1) is 21.9. The van der Waals surface area contributed by atoms with Gasteiger partial charge in [0.25, 0.3) is 0 Å². The first-order valence-corrected chi connectivity index (χ1v) is 11.4. The fourth-order valence-electron chi connectivity index (χ4n) is 3.55. The first-order chi connectivity index (χ1) is 15.5. The largest absolute Gasteiger partial charge is 0.469 e. The van der Waals surface area contributed by atoms with Gasteiger partial charge in [0.05, 0.1) is 17.1 Å². The maximum Gasteiger partial charge on any atom is 0.236 e. The number of hydrogen-bond acceptors (Lipinski definition) is 5. The fourth-order valence-corrected chi connectivity index (χ4v) is 4.45. The third kappa shape index (κ3) is 4.94. The Morgan fingerprint density at radius 1 is 1.00 bits per heavy atom. The van der Waals surface area contributed by atoms with Crippen molar-refractivity contribution in [2.75, 3.05) is 0 Å². The van der Waals surface area contributed by atoms with E-state index in [0.717, 1.165) is 28.3 Å². The highest BCUT2D eigenvalue weighted by Gasteiger charge is 2.25. The Hall–Kier alpha value is -3.32. The molecule has 0 N–H and O–H groups in total. The van der Waals surface area contributed by atoms with Gasteiger partial charge in [-0.25, -0.2) is 0 Å². The molecule has 0 aliphatic carbocycles. The number of benzene rings is 2. The number of aromatic nitrogens is 3. The van der Waals surface area contributed by atoms with Crippen LogP contribution < -0.4 is 0 Å². The molecule has 164 valence electrons. The quantitative estimate of drug-likeness (QED) is 0.353. The van der Waals surface area contributed by atoms with E-state index in [0.29, 0.717) is 18.2 Å². The number of aryl methyl sites for hydroxylation is 1. The summed E-state index contributed by atoms with van der Waals surface area (Å²) in [4.78, 5) is 15.4. The van der Waals surface area contributed by atoms with E-state index in [2.05, 4.69) is 10.2 Å². The van der Waals surface area contributed by atoms with E-state index < -0.39 is 0 Å². The van der Waals surface area contributed by atoms with Crippen LogP contribution in [0.1, 0.15) is 23.8 Å². The van der Waals surface area contributed by atoms with E-state index in [9.17, 15) is 4.79 Å². The predicted octanol–water partition coefficient (Wildman–Crippen LogP) is 5.09. The smallest absolute Gasteiger partial charge is 0.236 e. The van der Waals surface area contributed by atoms with Gasteiger partial charge in [-0.2, -0.15) is 0 Å². The lowest BCUT2D eigenvalue weighted by Crippen LogP contribution is -2.35. The molecule has 1 atom stereocenters. The van der Waals surface area contributed by atoms with Crippen LogP contribution in [0.5, 0.6) is 0 Å². The SMILES string of the molecule is Cc1occc1-c1nnc(SC(C)C(=O)N(Cc2ccccc2)Cc2ccccc2)n1C. The lowest BCUT2D eigenvalue weighted by Gasteiger charge is -2.26. The standard InChI is InChI=1S/C25H26N4O2S/c1-18-22(14-15-31-18)23-26-27-25(28(23)3)32-19(2)24(30)29(16-20-10-6-4-7-11-20)17-21-12-8-5-9-13-21/h4-15,19H,16-17H2,1-3H3. The minimum atomic E-state index is -0.316. The highest BCUT2D eigenvalue weighted by atomic mass is 32.2. The summed E-state index contributed by atoms with van der Waals surface area (Å²) < 4.78 is 7.31. The maximum atomic E-state index is 13.5. The summed E-state index contributed by atoms with van der Waals surface area (Å²) >= 11 is 1.42. The minimum Gasteiger partial charge on any atom is -0.469 e. The molecule has 4 aromatic rings. The van der Waals surface area contributed by atoms with Crippen LogP contribution >= 0.6 is 11.8 Å². The molecule has 6 nitrogen and oxygen atoms in total. The van der Waals surface area contributed by atoms with Gasteiger partial charge in [0.15, 0.2) is 11.0 Å². The number of carbonyl (C=O) groups is 1. The molecule has 0 aliphatic heterocycles. The molecule has 7 heteroatoms. The van der Waals surface area contributed by atoms with Gasteiger partial charge in [-0.15, -0.1) is 10.2 Å². The van der Waals surface area contributed by atoms with E-state index in [1.54, 1.807) is 6.26 Å². The van der Waals surface area contributed by atoms with Crippen LogP contribution in [0.15, 0.2) is 82.6 Å². The zero-order valence-corrected chi connectivity index (χ0v) is 19.2. The molecule has 2 aromatic heterocycles. The summed E-state index contributed by atoms with van der Waals surface area (Å²) in [5.74, 6) is 1.58. The van der Waals surface area contributed by atoms with Crippen LogP contribution in [-0.4, -0.2) is 30.8 Å². The molecule has 32 heavy (non-hydrogen) atoms. The Morgan fingerprint density at radius 2 is 1.59 bits per heavy atom. The highest BCUT2D eigenvalue weighted by Crippen LogP contribution is 2.29. The van der Waals surface area contributed by atoms with Crippen molar-refractivity contribution in [3.05, 3.63) is 89.9 Å². The molecule has 1 amide bonds. The van der Waals surface area contributed by atoms with Gasteiger partial charge in [0, 0.05) is 20.1 Å². The Labute approximate surface area is 192 Å². The van der Waals surface area contributed by atoms with Crippen LogP contribution in [0.4, 0.5) is 0 Å². The van der Waals surface area contributed by atoms with Gasteiger partial charge in [-0.05, 0) is 31.0 Å². The molecule has 0 saturated heterocycles. The lowest BCUT2D eigenvalue weighted by atomic mass is 10.1. The van der Waals surface area contributed by atoms with E-state index in [1.165, 1.54) is 11.8 Å². The van der Waals surface area contributed by atoms with Crippen LogP contribution in [-0.2, 0) is 24.9 Å². The molecule has 0 bridgehead atoms. The van der Waals surface area contributed by atoms with Crippen LogP contribution in [0.25, 0.3) is 11.4 Å². The zero-order valence-electron chi connectivity index (χ0n) is 18.4. The number of rotatable bonds is 8. The fraction of sp³-hybridized carbons (Fsp3) is 0.240. The summed E-state index contributed by atoms with van der Waals surface area (Å²) in [5, 5.41) is 9.02. The van der Waals surface area contributed by atoms with Gasteiger partial charge in [0.2, 0.25) is 5.91 Å². The zero-order chi connectivity index (χ0) is 22.5. The Bertz CT molecular complexity index is 1130. The molecule has 0 spiro atoms. The number of furan rings is 1. The van der Waals surface area contributed by atoms with Crippen molar-refractivity contribution in [3.63, 3.8) is 0 Å². The molecule has 0 aliphatic rings. The molecule has 0 fully saturated rings.